The number of fused-ring (bicyclic) bond motifs is 1. The summed E-state index contributed by atoms with van der Waals surface area (Å²) in [6.07, 6.45) is 4.64. The highest BCUT2D eigenvalue weighted by Crippen LogP contribution is 2.46. The summed E-state index contributed by atoms with van der Waals surface area (Å²) in [6.45, 7) is 11.4. The van der Waals surface area contributed by atoms with Crippen molar-refractivity contribution in [3.05, 3.63) is 58.7 Å². The van der Waals surface area contributed by atoms with Crippen molar-refractivity contribution in [2.75, 3.05) is 7.11 Å². The van der Waals surface area contributed by atoms with E-state index in [1.165, 1.54) is 33.4 Å². The number of ether oxygens (including phenoxy) is 1. The van der Waals surface area contributed by atoms with Gasteiger partial charge in [0.1, 0.15) is 5.75 Å². The Balaban J connectivity index is 2.26. The molecule has 1 nitrogen and oxygen atoms in total. The Morgan fingerprint density at radius 1 is 1.08 bits per heavy atom. The van der Waals surface area contributed by atoms with Gasteiger partial charge < -0.3 is 4.74 Å². The average Bonchev–Trinajstić information content (AvgIpc) is 2.94. The number of allylic oxidation sites excluding steroid dienone is 1. The summed E-state index contributed by atoms with van der Waals surface area (Å²) < 4.78 is 5.97. The van der Waals surface area contributed by atoms with Crippen LogP contribution in [-0.2, 0) is 11.8 Å². The third kappa shape index (κ3) is 3.51. The summed E-state index contributed by atoms with van der Waals surface area (Å²) in [5.74, 6) is 1.71. The van der Waals surface area contributed by atoms with Crippen LogP contribution in [0.25, 0.3) is 17.2 Å². The Hall–Kier alpha value is -2.02. The summed E-state index contributed by atoms with van der Waals surface area (Å²) in [4.78, 5) is 0. The summed E-state index contributed by atoms with van der Waals surface area (Å²) in [6, 6.07) is 13.1. The van der Waals surface area contributed by atoms with E-state index in [1.807, 2.05) is 0 Å². The molecule has 0 radical (unpaired) electrons. The SMILES string of the molecule is COc1c(C(C)(C)C)cc2c(c1-c1ccccc1)C=C(CC(C)C)C2. The second-order valence-electron chi connectivity index (χ2n) is 8.60. The van der Waals surface area contributed by atoms with E-state index in [2.05, 4.69) is 77.1 Å². The molecular formula is C24H30O. The van der Waals surface area contributed by atoms with Crippen LogP contribution in [0.15, 0.2) is 42.0 Å². The minimum Gasteiger partial charge on any atom is -0.496 e. The monoisotopic (exact) mass is 334 g/mol. The number of rotatable bonds is 4. The minimum atomic E-state index is 0.0463. The molecule has 0 N–H and O–H groups in total. The van der Waals surface area contributed by atoms with Gasteiger partial charge in [0.15, 0.2) is 0 Å². The Labute approximate surface area is 152 Å². The minimum absolute atomic E-state index is 0.0463. The molecule has 2 aromatic rings. The molecule has 0 aromatic heterocycles. The number of hydrogen-bond acceptors (Lipinski definition) is 1. The lowest BCUT2D eigenvalue weighted by Gasteiger charge is -2.26. The van der Waals surface area contributed by atoms with E-state index < -0.39 is 0 Å². The van der Waals surface area contributed by atoms with Gasteiger partial charge in [0.25, 0.3) is 0 Å². The van der Waals surface area contributed by atoms with E-state index in [9.17, 15) is 0 Å². The summed E-state index contributed by atoms with van der Waals surface area (Å²) in [5.41, 5.74) is 8.17. The number of methoxy groups -OCH3 is 1. The normalized spacial score (nSPS) is 13.8. The first-order chi connectivity index (χ1) is 11.8. The molecule has 1 aliphatic rings. The smallest absolute Gasteiger partial charge is 0.131 e. The van der Waals surface area contributed by atoms with Crippen molar-refractivity contribution >= 4 is 6.08 Å². The van der Waals surface area contributed by atoms with Gasteiger partial charge in [0.2, 0.25) is 0 Å². The van der Waals surface area contributed by atoms with Crippen molar-refractivity contribution in [1.82, 2.24) is 0 Å². The van der Waals surface area contributed by atoms with E-state index in [-0.39, 0.29) is 5.41 Å². The van der Waals surface area contributed by atoms with Gasteiger partial charge in [-0.05, 0) is 40.9 Å². The van der Waals surface area contributed by atoms with Crippen LogP contribution in [-0.4, -0.2) is 7.11 Å². The molecule has 0 saturated heterocycles. The molecule has 0 atom stereocenters. The second kappa shape index (κ2) is 6.71. The highest BCUT2D eigenvalue weighted by Gasteiger charge is 2.28. The molecule has 2 aromatic carbocycles. The Bertz CT molecular complexity index is 789. The van der Waals surface area contributed by atoms with Crippen LogP contribution in [0.2, 0.25) is 0 Å². The van der Waals surface area contributed by atoms with Gasteiger partial charge in [0, 0.05) is 11.1 Å². The molecule has 0 fully saturated rings. The number of hydrogen-bond donors (Lipinski definition) is 0. The van der Waals surface area contributed by atoms with Crippen molar-refractivity contribution in [2.24, 2.45) is 5.92 Å². The van der Waals surface area contributed by atoms with Crippen molar-refractivity contribution < 1.29 is 4.74 Å². The maximum absolute atomic E-state index is 5.97. The third-order valence-electron chi connectivity index (χ3n) is 4.92. The zero-order chi connectivity index (χ0) is 18.2. The van der Waals surface area contributed by atoms with E-state index in [0.29, 0.717) is 5.92 Å². The molecule has 3 rings (SSSR count). The predicted molar refractivity (Wildman–Crippen MR) is 108 cm³/mol. The lowest BCUT2D eigenvalue weighted by atomic mass is 9.81. The van der Waals surface area contributed by atoms with Gasteiger partial charge in [-0.2, -0.15) is 0 Å². The molecule has 0 amide bonds. The average molecular weight is 335 g/mol. The molecule has 1 aliphatic carbocycles. The predicted octanol–water partition coefficient (Wildman–Crippen LogP) is 6.65. The van der Waals surface area contributed by atoms with E-state index in [0.717, 1.165) is 18.6 Å². The fourth-order valence-electron chi connectivity index (χ4n) is 3.86. The Morgan fingerprint density at radius 2 is 1.76 bits per heavy atom. The van der Waals surface area contributed by atoms with Crippen molar-refractivity contribution in [2.45, 2.75) is 52.9 Å². The van der Waals surface area contributed by atoms with E-state index in [4.69, 9.17) is 4.74 Å². The largest absolute Gasteiger partial charge is 0.496 e. The fourth-order valence-corrected chi connectivity index (χ4v) is 3.86. The first-order valence-corrected chi connectivity index (χ1v) is 9.30. The highest BCUT2D eigenvalue weighted by atomic mass is 16.5. The fraction of sp³-hybridized carbons (Fsp3) is 0.417. The van der Waals surface area contributed by atoms with Crippen LogP contribution in [0.5, 0.6) is 5.75 Å². The van der Waals surface area contributed by atoms with Crippen LogP contribution in [0.3, 0.4) is 0 Å². The lowest BCUT2D eigenvalue weighted by molar-refractivity contribution is 0.399. The lowest BCUT2D eigenvalue weighted by Crippen LogP contribution is -2.14. The van der Waals surface area contributed by atoms with Crippen LogP contribution in [0.1, 0.15) is 57.7 Å². The van der Waals surface area contributed by atoms with Crippen molar-refractivity contribution in [1.29, 1.82) is 0 Å². The van der Waals surface area contributed by atoms with Crippen molar-refractivity contribution in [3.8, 4) is 16.9 Å². The third-order valence-corrected chi connectivity index (χ3v) is 4.92. The summed E-state index contributed by atoms with van der Waals surface area (Å²) >= 11 is 0. The molecule has 1 heteroatoms. The standard InChI is InChI=1S/C24H30O/c1-16(2)12-17-13-19-15-21(24(3,4)5)23(25-6)22(20(19)14-17)18-10-8-7-9-11-18/h7-11,14-16H,12-13H2,1-6H3. The molecule has 0 saturated carbocycles. The molecular weight excluding hydrogens is 304 g/mol. The molecule has 132 valence electrons. The molecule has 0 spiro atoms. The van der Waals surface area contributed by atoms with Gasteiger partial charge in [-0.1, -0.05) is 82.7 Å². The highest BCUT2D eigenvalue weighted by molar-refractivity contribution is 5.86. The number of benzene rings is 2. The van der Waals surface area contributed by atoms with Crippen LogP contribution < -0.4 is 4.74 Å². The van der Waals surface area contributed by atoms with Gasteiger partial charge in [-0.3, -0.25) is 0 Å². The maximum Gasteiger partial charge on any atom is 0.131 e. The van der Waals surface area contributed by atoms with Crippen LogP contribution >= 0.6 is 0 Å². The van der Waals surface area contributed by atoms with Gasteiger partial charge in [-0.15, -0.1) is 0 Å². The quantitative estimate of drug-likeness (QED) is 0.608. The zero-order valence-corrected chi connectivity index (χ0v) is 16.4. The summed E-state index contributed by atoms with van der Waals surface area (Å²) in [7, 11) is 1.80. The summed E-state index contributed by atoms with van der Waals surface area (Å²) in [5, 5.41) is 0. The first kappa shape index (κ1) is 17.8. The van der Waals surface area contributed by atoms with Crippen molar-refractivity contribution in [3.63, 3.8) is 0 Å². The molecule has 0 aliphatic heterocycles. The van der Waals surface area contributed by atoms with E-state index >= 15 is 0 Å². The van der Waals surface area contributed by atoms with Crippen LogP contribution in [0, 0.1) is 5.92 Å². The molecule has 0 heterocycles. The van der Waals surface area contributed by atoms with Gasteiger partial charge in [0.05, 0.1) is 7.11 Å². The molecule has 0 unspecified atom stereocenters. The molecule has 25 heavy (non-hydrogen) atoms. The maximum atomic E-state index is 5.97. The Morgan fingerprint density at radius 3 is 2.32 bits per heavy atom. The first-order valence-electron chi connectivity index (χ1n) is 9.30. The molecule has 0 bridgehead atoms. The van der Waals surface area contributed by atoms with Crippen LogP contribution in [0.4, 0.5) is 0 Å². The second-order valence-corrected chi connectivity index (χ2v) is 8.60. The topological polar surface area (TPSA) is 9.23 Å². The Kier molecular flexibility index (Phi) is 4.77. The van der Waals surface area contributed by atoms with E-state index in [1.54, 1.807) is 7.11 Å². The van der Waals surface area contributed by atoms with Gasteiger partial charge in [-0.25, -0.2) is 0 Å². The van der Waals surface area contributed by atoms with Gasteiger partial charge >= 0.3 is 0 Å². The zero-order valence-electron chi connectivity index (χ0n) is 16.4.